The molecule has 2 heterocycles. The number of aromatic nitrogens is 3. The molecule has 1 aromatic heterocycles. The zero-order valence-electron chi connectivity index (χ0n) is 13.1. The van der Waals surface area contributed by atoms with Crippen molar-refractivity contribution < 1.29 is 5.82 Å². The second kappa shape index (κ2) is 6.41. The van der Waals surface area contributed by atoms with Crippen LogP contribution in [-0.4, -0.2) is 27.9 Å². The van der Waals surface area contributed by atoms with Crippen molar-refractivity contribution in [2.75, 3.05) is 18.4 Å². The van der Waals surface area contributed by atoms with Crippen LogP contribution in [-0.2, 0) is 0 Å². The summed E-state index contributed by atoms with van der Waals surface area (Å²) in [5.41, 5.74) is 2.60. The molecule has 2 N–H and O–H groups in total. The fourth-order valence-corrected chi connectivity index (χ4v) is 3.01. The van der Waals surface area contributed by atoms with Gasteiger partial charge in [-0.3, -0.25) is 0 Å². The van der Waals surface area contributed by atoms with Gasteiger partial charge in [-0.25, -0.2) is 9.07 Å². The topological polar surface area (TPSA) is 54.8 Å². The van der Waals surface area contributed by atoms with Gasteiger partial charge in [-0.2, -0.15) is 4.98 Å². The Labute approximate surface area is 141 Å². The van der Waals surface area contributed by atoms with E-state index in [9.17, 15) is 4.39 Å². The van der Waals surface area contributed by atoms with Gasteiger partial charge in [0.2, 0.25) is 5.95 Å². The Morgan fingerprint density at radius 1 is 1.21 bits per heavy atom. The summed E-state index contributed by atoms with van der Waals surface area (Å²) in [7, 11) is 0. The highest BCUT2D eigenvalue weighted by Crippen LogP contribution is 2.27. The third-order valence-electron chi connectivity index (χ3n) is 4.22. The number of rotatable bonds is 4. The third kappa shape index (κ3) is 3.14. The van der Waals surface area contributed by atoms with E-state index in [1.807, 2.05) is 36.4 Å². The Kier molecular flexibility index (Phi) is 3.96. The molecule has 0 radical (unpaired) electrons. The summed E-state index contributed by atoms with van der Waals surface area (Å²) in [4.78, 5) is 4.25. The van der Waals surface area contributed by atoms with Gasteiger partial charge in [-0.05, 0) is 54.8 Å². The number of nitrogens with zero attached hydrogens (tertiary/aromatic N) is 3. The monoisotopic (exact) mass is 325 g/mol. The molecule has 1 fully saturated rings. The molecule has 0 aliphatic carbocycles. The van der Waals surface area contributed by atoms with Crippen LogP contribution in [0.5, 0.6) is 0 Å². The van der Waals surface area contributed by atoms with Crippen LogP contribution < -0.4 is 10.6 Å². The highest BCUT2D eigenvalue weighted by atomic mass is 19.1. The fourth-order valence-electron chi connectivity index (χ4n) is 3.01. The molecule has 124 valence electrons. The quantitative estimate of drug-likeness (QED) is 0.771. The van der Waals surface area contributed by atoms with Crippen molar-refractivity contribution >= 4 is 11.6 Å². The summed E-state index contributed by atoms with van der Waals surface area (Å²) in [6.07, 6.45) is 2.67. The lowest BCUT2D eigenvalue weighted by molar-refractivity contribution is 0.621. The van der Waals surface area contributed by atoms with Crippen molar-refractivity contribution in [3.8, 4) is 5.69 Å². The second-order valence-corrected chi connectivity index (χ2v) is 5.94. The molecule has 6 heteroatoms. The maximum Gasteiger partial charge on any atom is 0.246 e. The van der Waals surface area contributed by atoms with Crippen molar-refractivity contribution in [2.24, 2.45) is 0 Å². The zero-order valence-corrected chi connectivity index (χ0v) is 13.1. The molecule has 1 aliphatic rings. The van der Waals surface area contributed by atoms with Crippen LogP contribution in [0.2, 0.25) is 0 Å². The van der Waals surface area contributed by atoms with Gasteiger partial charge >= 0.3 is 0 Å². The van der Waals surface area contributed by atoms with E-state index in [0.717, 1.165) is 30.8 Å². The van der Waals surface area contributed by atoms with E-state index in [0.29, 0.717) is 17.6 Å². The van der Waals surface area contributed by atoms with E-state index in [-0.39, 0.29) is 7.24 Å². The standard InChI is InChI=1S/C18H18FN5.H2/c19-15-8-14(13-6-7-20-11-13)9-16(10-15)22-18-21-12-24(23-18)17-4-2-1-3-5-17;/h1-5,8-10,12-13,20H,6-7,11H2,(H,22,23);1H. The highest BCUT2D eigenvalue weighted by molar-refractivity contribution is 5.55. The van der Waals surface area contributed by atoms with Gasteiger partial charge in [0.1, 0.15) is 12.1 Å². The van der Waals surface area contributed by atoms with Crippen molar-refractivity contribution in [1.29, 1.82) is 0 Å². The highest BCUT2D eigenvalue weighted by Gasteiger charge is 2.18. The van der Waals surface area contributed by atoms with Gasteiger partial charge in [0.15, 0.2) is 0 Å². The molecular formula is C18H20FN5. The van der Waals surface area contributed by atoms with E-state index < -0.39 is 0 Å². The van der Waals surface area contributed by atoms with E-state index in [1.165, 1.54) is 6.07 Å². The van der Waals surface area contributed by atoms with Gasteiger partial charge in [-0.1, -0.05) is 18.2 Å². The smallest absolute Gasteiger partial charge is 0.246 e. The average Bonchev–Trinajstić information content (AvgIpc) is 3.27. The molecule has 0 spiro atoms. The number of halogens is 1. The SMILES string of the molecule is Fc1cc(Nc2ncn(-c3ccccc3)n2)cc(C2CCNC2)c1.[HH]. The summed E-state index contributed by atoms with van der Waals surface area (Å²) < 4.78 is 15.6. The predicted octanol–water partition coefficient (Wildman–Crippen LogP) is 3.47. The number of hydrogen-bond donors (Lipinski definition) is 2. The first-order valence-electron chi connectivity index (χ1n) is 8.03. The minimum atomic E-state index is -0.246. The molecule has 24 heavy (non-hydrogen) atoms. The minimum Gasteiger partial charge on any atom is -0.323 e. The van der Waals surface area contributed by atoms with Gasteiger partial charge < -0.3 is 10.6 Å². The number of benzene rings is 2. The zero-order chi connectivity index (χ0) is 16.4. The summed E-state index contributed by atoms with van der Waals surface area (Å²) in [6.45, 7) is 1.87. The van der Waals surface area contributed by atoms with Gasteiger partial charge in [-0.15, -0.1) is 5.10 Å². The van der Waals surface area contributed by atoms with Crippen LogP contribution in [0.25, 0.3) is 5.69 Å². The first-order chi connectivity index (χ1) is 11.8. The molecule has 2 aromatic carbocycles. The van der Waals surface area contributed by atoms with Crippen molar-refractivity contribution in [3.63, 3.8) is 0 Å². The molecule has 0 saturated carbocycles. The molecule has 0 amide bonds. The van der Waals surface area contributed by atoms with E-state index in [2.05, 4.69) is 20.7 Å². The van der Waals surface area contributed by atoms with Crippen LogP contribution in [0, 0.1) is 5.82 Å². The minimum absolute atomic E-state index is 0. The molecule has 3 aromatic rings. The maximum absolute atomic E-state index is 13.9. The number of nitrogens with one attached hydrogen (secondary N) is 2. The van der Waals surface area contributed by atoms with Crippen molar-refractivity contribution in [3.05, 3.63) is 66.2 Å². The Hall–Kier alpha value is -2.73. The second-order valence-electron chi connectivity index (χ2n) is 5.94. The van der Waals surface area contributed by atoms with Crippen LogP contribution in [0.1, 0.15) is 19.3 Å². The average molecular weight is 325 g/mol. The number of para-hydroxylation sites is 1. The van der Waals surface area contributed by atoms with Gasteiger partial charge in [0.25, 0.3) is 0 Å². The first kappa shape index (κ1) is 14.8. The summed E-state index contributed by atoms with van der Waals surface area (Å²) in [5.74, 6) is 0.556. The van der Waals surface area contributed by atoms with Gasteiger partial charge in [0, 0.05) is 13.7 Å². The lowest BCUT2D eigenvalue weighted by Gasteiger charge is -2.11. The van der Waals surface area contributed by atoms with Crippen LogP contribution in [0.15, 0.2) is 54.9 Å². The largest absolute Gasteiger partial charge is 0.323 e. The molecule has 5 nitrogen and oxygen atoms in total. The normalized spacial score (nSPS) is 17.1. The summed E-state index contributed by atoms with van der Waals surface area (Å²) in [5, 5.41) is 10.8. The molecule has 1 aliphatic heterocycles. The maximum atomic E-state index is 13.9. The summed E-state index contributed by atoms with van der Waals surface area (Å²) >= 11 is 0. The first-order valence-corrected chi connectivity index (χ1v) is 8.03. The lowest BCUT2D eigenvalue weighted by Crippen LogP contribution is -2.08. The molecule has 1 atom stereocenters. The Morgan fingerprint density at radius 3 is 2.88 bits per heavy atom. The third-order valence-corrected chi connectivity index (χ3v) is 4.22. The molecular weight excluding hydrogens is 305 g/mol. The van der Waals surface area contributed by atoms with E-state index >= 15 is 0 Å². The van der Waals surface area contributed by atoms with Gasteiger partial charge in [0.05, 0.1) is 5.69 Å². The van der Waals surface area contributed by atoms with Crippen LogP contribution in [0.4, 0.5) is 16.0 Å². The number of anilines is 2. The molecule has 1 unspecified atom stereocenters. The molecule has 0 bridgehead atoms. The van der Waals surface area contributed by atoms with Crippen molar-refractivity contribution in [2.45, 2.75) is 12.3 Å². The van der Waals surface area contributed by atoms with E-state index in [1.54, 1.807) is 17.1 Å². The lowest BCUT2D eigenvalue weighted by atomic mass is 9.98. The van der Waals surface area contributed by atoms with E-state index in [4.69, 9.17) is 0 Å². The Bertz CT molecular complexity index is 830. The molecule has 4 rings (SSSR count). The van der Waals surface area contributed by atoms with Crippen molar-refractivity contribution in [1.82, 2.24) is 20.1 Å². The molecule has 1 saturated heterocycles. The summed E-state index contributed by atoms with van der Waals surface area (Å²) in [6, 6.07) is 14.8. The van der Waals surface area contributed by atoms with Crippen LogP contribution in [0.3, 0.4) is 0 Å². The Balaban J connectivity index is 0.00000182. The van der Waals surface area contributed by atoms with Crippen LogP contribution >= 0.6 is 0 Å². The number of hydrogen-bond acceptors (Lipinski definition) is 4. The predicted molar refractivity (Wildman–Crippen MR) is 93.4 cm³/mol. The Morgan fingerprint density at radius 2 is 2.08 bits per heavy atom. The fraction of sp³-hybridized carbons (Fsp3) is 0.222.